The number of aliphatic hydroxyl groups excluding tert-OH is 1. The average Bonchev–Trinajstić information content (AvgIpc) is 3.18. The SMILES string of the molecule is CC1=C(C)C2(CC(C)C3C(CC4(C)C5=C(CCC34C)C3(C)CCC(O)C(C)(C=O)C3CC5)O2)OC1=O. The fraction of sp³-hybridized carbons (Fsp3) is 0.806. The number of aldehydes is 1. The van der Waals surface area contributed by atoms with Gasteiger partial charge >= 0.3 is 5.97 Å². The van der Waals surface area contributed by atoms with E-state index in [-0.39, 0.29) is 34.2 Å². The van der Waals surface area contributed by atoms with Gasteiger partial charge in [-0.3, -0.25) is 0 Å². The van der Waals surface area contributed by atoms with Crippen LogP contribution in [0.5, 0.6) is 0 Å². The molecule has 1 spiro atoms. The third-order valence-electron chi connectivity index (χ3n) is 13.0. The maximum absolute atomic E-state index is 12.5. The van der Waals surface area contributed by atoms with Crippen LogP contribution in [0.1, 0.15) is 99.8 Å². The summed E-state index contributed by atoms with van der Waals surface area (Å²) < 4.78 is 12.8. The Morgan fingerprint density at radius 3 is 2.36 bits per heavy atom. The monoisotopic (exact) mass is 496 g/mol. The minimum atomic E-state index is -0.895. The molecule has 4 aliphatic carbocycles. The first-order chi connectivity index (χ1) is 16.8. The van der Waals surface area contributed by atoms with Crippen LogP contribution in [0.3, 0.4) is 0 Å². The lowest BCUT2D eigenvalue weighted by atomic mass is 9.43. The van der Waals surface area contributed by atoms with Gasteiger partial charge in [-0.15, -0.1) is 0 Å². The second-order valence-electron chi connectivity index (χ2n) is 14.2. The van der Waals surface area contributed by atoms with Crippen molar-refractivity contribution in [2.45, 2.75) is 118 Å². The van der Waals surface area contributed by atoms with Gasteiger partial charge in [0.15, 0.2) is 0 Å². The lowest BCUT2D eigenvalue weighted by Gasteiger charge is -2.61. The highest BCUT2D eigenvalue weighted by molar-refractivity contribution is 5.92. The van der Waals surface area contributed by atoms with Gasteiger partial charge in [-0.2, -0.15) is 0 Å². The minimum absolute atomic E-state index is 0.0204. The standard InChI is InChI=1S/C31H44O5/c1-17-14-31(19(3)18(2)26(34)36-31)35-22-15-30(7)21-8-9-23-27(4,12-11-24(33)28(23,5)16-32)20(21)10-13-29(30,6)25(17)22/h16-17,22-25,33H,8-15H2,1-7H3. The summed E-state index contributed by atoms with van der Waals surface area (Å²) in [5.74, 6) is -0.127. The summed E-state index contributed by atoms with van der Waals surface area (Å²) in [6.45, 7) is 15.6. The molecule has 6 rings (SSSR count). The van der Waals surface area contributed by atoms with Gasteiger partial charge in [-0.25, -0.2) is 4.79 Å². The third-order valence-corrected chi connectivity index (χ3v) is 13.0. The van der Waals surface area contributed by atoms with E-state index >= 15 is 0 Å². The fourth-order valence-electron chi connectivity index (χ4n) is 10.7. The van der Waals surface area contributed by atoms with Crippen LogP contribution in [-0.4, -0.2) is 35.4 Å². The van der Waals surface area contributed by atoms with Crippen molar-refractivity contribution in [3.8, 4) is 0 Å². The molecule has 0 amide bonds. The first-order valence-corrected chi connectivity index (χ1v) is 14.2. The molecule has 10 atom stereocenters. The maximum Gasteiger partial charge on any atom is 0.336 e. The van der Waals surface area contributed by atoms with Crippen LogP contribution in [0.15, 0.2) is 22.3 Å². The molecule has 2 heterocycles. The number of rotatable bonds is 1. The van der Waals surface area contributed by atoms with Gasteiger partial charge < -0.3 is 19.4 Å². The number of hydrogen-bond donors (Lipinski definition) is 1. The number of ether oxygens (including phenoxy) is 2. The molecule has 10 unspecified atom stereocenters. The summed E-state index contributed by atoms with van der Waals surface area (Å²) in [7, 11) is 0. The number of aliphatic hydroxyl groups is 1. The zero-order valence-corrected chi connectivity index (χ0v) is 23.2. The third kappa shape index (κ3) is 2.70. The molecule has 6 aliphatic rings. The van der Waals surface area contributed by atoms with E-state index in [1.165, 1.54) is 0 Å². The smallest absolute Gasteiger partial charge is 0.336 e. The molecule has 2 aliphatic heterocycles. The van der Waals surface area contributed by atoms with E-state index in [1.54, 1.807) is 11.1 Å². The maximum atomic E-state index is 12.5. The highest BCUT2D eigenvalue weighted by Gasteiger charge is 2.69. The summed E-state index contributed by atoms with van der Waals surface area (Å²) >= 11 is 0. The molecule has 198 valence electrons. The van der Waals surface area contributed by atoms with Crippen molar-refractivity contribution in [1.29, 1.82) is 0 Å². The highest BCUT2D eigenvalue weighted by Crippen LogP contribution is 2.74. The number of hydrogen-bond acceptors (Lipinski definition) is 5. The molecule has 5 nitrogen and oxygen atoms in total. The normalized spacial score (nSPS) is 54.1. The van der Waals surface area contributed by atoms with Crippen LogP contribution in [0, 0.1) is 39.4 Å². The van der Waals surface area contributed by atoms with E-state index in [0.717, 1.165) is 56.8 Å². The summed E-state index contributed by atoms with van der Waals surface area (Å²) in [5.41, 5.74) is 4.28. The quantitative estimate of drug-likeness (QED) is 0.278. The van der Waals surface area contributed by atoms with E-state index in [4.69, 9.17) is 9.47 Å². The Hall–Kier alpha value is -1.46. The zero-order valence-electron chi connectivity index (χ0n) is 23.2. The van der Waals surface area contributed by atoms with Crippen molar-refractivity contribution in [1.82, 2.24) is 0 Å². The van der Waals surface area contributed by atoms with Gasteiger partial charge in [0.05, 0.1) is 17.6 Å². The van der Waals surface area contributed by atoms with Gasteiger partial charge in [0.2, 0.25) is 5.79 Å². The molecular weight excluding hydrogens is 452 g/mol. The summed E-state index contributed by atoms with van der Waals surface area (Å²) in [5, 5.41) is 10.8. The Morgan fingerprint density at radius 1 is 1.00 bits per heavy atom. The molecule has 3 fully saturated rings. The lowest BCUT2D eigenvalue weighted by molar-refractivity contribution is -0.262. The molecule has 0 aromatic carbocycles. The van der Waals surface area contributed by atoms with E-state index in [1.807, 2.05) is 20.8 Å². The van der Waals surface area contributed by atoms with Crippen LogP contribution >= 0.6 is 0 Å². The Bertz CT molecular complexity index is 1100. The first kappa shape index (κ1) is 24.9. The number of esters is 1. The average molecular weight is 497 g/mol. The first-order valence-electron chi connectivity index (χ1n) is 14.2. The van der Waals surface area contributed by atoms with Crippen molar-refractivity contribution >= 4 is 12.3 Å². The van der Waals surface area contributed by atoms with Gasteiger partial charge in [0.25, 0.3) is 0 Å². The Balaban J connectivity index is 1.41. The van der Waals surface area contributed by atoms with Crippen LogP contribution in [0.25, 0.3) is 0 Å². The van der Waals surface area contributed by atoms with Crippen molar-refractivity contribution in [3.63, 3.8) is 0 Å². The molecule has 36 heavy (non-hydrogen) atoms. The molecular formula is C31H44O5. The van der Waals surface area contributed by atoms with Crippen molar-refractivity contribution < 1.29 is 24.2 Å². The van der Waals surface area contributed by atoms with E-state index in [0.29, 0.717) is 23.8 Å². The van der Waals surface area contributed by atoms with Crippen molar-refractivity contribution in [2.24, 2.45) is 39.4 Å². The largest absolute Gasteiger partial charge is 0.426 e. The number of carbonyl (C=O) groups excluding carboxylic acids is 2. The topological polar surface area (TPSA) is 72.8 Å². The van der Waals surface area contributed by atoms with E-state index < -0.39 is 17.3 Å². The molecule has 2 saturated carbocycles. The molecule has 0 aromatic heterocycles. The number of carbonyl (C=O) groups is 2. The van der Waals surface area contributed by atoms with Gasteiger partial charge in [-0.05, 0) is 92.8 Å². The number of allylic oxidation sites excluding steroid dienone is 2. The second-order valence-corrected chi connectivity index (χ2v) is 14.2. The highest BCUT2D eigenvalue weighted by atomic mass is 16.7. The molecule has 5 heteroatoms. The number of fused-ring (bicyclic) bond motifs is 6. The van der Waals surface area contributed by atoms with E-state index in [9.17, 15) is 14.7 Å². The second kappa shape index (κ2) is 7.34. The minimum Gasteiger partial charge on any atom is -0.426 e. The summed E-state index contributed by atoms with van der Waals surface area (Å²) in [6.07, 6.45) is 8.07. The van der Waals surface area contributed by atoms with Gasteiger partial charge in [0.1, 0.15) is 6.29 Å². The predicted octanol–water partition coefficient (Wildman–Crippen LogP) is 5.90. The molecule has 0 bridgehead atoms. The van der Waals surface area contributed by atoms with Crippen LogP contribution in [-0.2, 0) is 19.1 Å². The lowest BCUT2D eigenvalue weighted by Crippen LogP contribution is -2.57. The van der Waals surface area contributed by atoms with Crippen LogP contribution in [0.4, 0.5) is 0 Å². The van der Waals surface area contributed by atoms with E-state index in [2.05, 4.69) is 27.7 Å². The van der Waals surface area contributed by atoms with Gasteiger partial charge in [-0.1, -0.05) is 45.8 Å². The molecule has 1 N–H and O–H groups in total. The fourth-order valence-corrected chi connectivity index (χ4v) is 10.7. The molecule has 0 aromatic rings. The Kier molecular flexibility index (Phi) is 5.07. The predicted molar refractivity (Wildman–Crippen MR) is 137 cm³/mol. The summed E-state index contributed by atoms with van der Waals surface area (Å²) in [4.78, 5) is 24.8. The molecule has 0 radical (unpaired) electrons. The van der Waals surface area contributed by atoms with Crippen LogP contribution < -0.4 is 0 Å². The molecule has 1 saturated heterocycles. The zero-order chi connectivity index (χ0) is 26.1. The van der Waals surface area contributed by atoms with Crippen LogP contribution in [0.2, 0.25) is 0 Å². The Labute approximate surface area is 216 Å². The van der Waals surface area contributed by atoms with Crippen molar-refractivity contribution in [3.05, 3.63) is 22.3 Å². The van der Waals surface area contributed by atoms with Crippen molar-refractivity contribution in [2.75, 3.05) is 0 Å². The summed E-state index contributed by atoms with van der Waals surface area (Å²) in [6, 6.07) is 0. The Morgan fingerprint density at radius 2 is 1.72 bits per heavy atom. The van der Waals surface area contributed by atoms with Gasteiger partial charge in [0, 0.05) is 17.6 Å².